The Bertz CT molecular complexity index is 940. The van der Waals surface area contributed by atoms with Crippen LogP contribution in [0.3, 0.4) is 0 Å². The summed E-state index contributed by atoms with van der Waals surface area (Å²) in [5, 5.41) is 11.1. The van der Waals surface area contributed by atoms with Gasteiger partial charge < -0.3 is 19.6 Å². The molecule has 2 N–H and O–H groups in total. The minimum absolute atomic E-state index is 0.0358. The normalized spacial score (nSPS) is 28.8. The van der Waals surface area contributed by atoms with Gasteiger partial charge in [0.25, 0.3) is 12.4 Å². The van der Waals surface area contributed by atoms with Gasteiger partial charge >= 0.3 is 0 Å². The second-order valence-electron chi connectivity index (χ2n) is 8.52. The van der Waals surface area contributed by atoms with Gasteiger partial charge in [-0.05, 0) is 26.7 Å². The summed E-state index contributed by atoms with van der Waals surface area (Å²) in [4.78, 5) is 33.3. The quantitative estimate of drug-likeness (QED) is 0.668. The number of ether oxygens (including phenoxy) is 1. The molecule has 3 aliphatic heterocycles. The van der Waals surface area contributed by atoms with Crippen molar-refractivity contribution in [1.29, 1.82) is 0 Å². The highest BCUT2D eigenvalue weighted by atomic mass is 32.1. The smallest absolute Gasteiger partial charge is 0.290 e. The number of hydrogen-bond donors (Lipinski definition) is 2. The van der Waals surface area contributed by atoms with Gasteiger partial charge in [0, 0.05) is 43.3 Å². The van der Waals surface area contributed by atoms with E-state index in [1.165, 1.54) is 16.1 Å². The number of nitrogens with one attached hydrogen (secondary N) is 1. The van der Waals surface area contributed by atoms with Gasteiger partial charge in [0.15, 0.2) is 11.6 Å². The highest BCUT2D eigenvalue weighted by Crippen LogP contribution is 2.54. The summed E-state index contributed by atoms with van der Waals surface area (Å²) in [5.41, 5.74) is 1.45. The molecule has 0 aromatic carbocycles. The predicted molar refractivity (Wildman–Crippen MR) is 113 cm³/mol. The summed E-state index contributed by atoms with van der Waals surface area (Å²) in [7, 11) is 0. The number of hydrogen-bond acceptors (Lipinski definition) is 8. The Balaban J connectivity index is 0.000000730. The van der Waals surface area contributed by atoms with Crippen LogP contribution < -0.4 is 5.32 Å². The Kier molecular flexibility index (Phi) is 6.14. The second kappa shape index (κ2) is 8.68. The number of carboxylic acid groups (broad SMARTS) is 1. The fraction of sp³-hybridized carbons (Fsp3) is 0.619. The Labute approximate surface area is 184 Å². The number of carbonyl (C=O) groups excluding carboxylic acids is 1. The molecule has 10 heteroatoms. The molecule has 2 aromatic heterocycles. The fourth-order valence-corrected chi connectivity index (χ4v) is 6.22. The molecule has 5 rings (SSSR count). The van der Waals surface area contributed by atoms with Crippen molar-refractivity contribution in [3.63, 3.8) is 0 Å². The van der Waals surface area contributed by atoms with Crippen LogP contribution in [0, 0.1) is 32.6 Å². The van der Waals surface area contributed by atoms with E-state index in [0.717, 1.165) is 38.2 Å². The zero-order valence-corrected chi connectivity index (χ0v) is 18.8. The molecule has 3 aliphatic rings. The van der Waals surface area contributed by atoms with Crippen LogP contribution in [0.2, 0.25) is 0 Å². The van der Waals surface area contributed by atoms with Gasteiger partial charge in [0.1, 0.15) is 11.3 Å². The maximum Gasteiger partial charge on any atom is 0.290 e. The molecule has 9 nitrogen and oxygen atoms in total. The number of fused-ring (bicyclic) bond motifs is 1. The molecule has 0 radical (unpaired) electrons. The molecular formula is C21H28N4O5S. The lowest BCUT2D eigenvalue weighted by molar-refractivity contribution is -0.122. The largest absolute Gasteiger partial charge is 0.483 e. The average Bonchev–Trinajstić information content (AvgIpc) is 3.50. The summed E-state index contributed by atoms with van der Waals surface area (Å²) in [6.07, 6.45) is 3.89. The molecule has 3 saturated heterocycles. The molecule has 1 amide bonds. The van der Waals surface area contributed by atoms with E-state index in [4.69, 9.17) is 24.0 Å². The van der Waals surface area contributed by atoms with Crippen LogP contribution in [-0.4, -0.2) is 63.7 Å². The standard InChI is InChI=1S/C20H26N4O3S.CH2O2/c1-11-12(2)28-18(22-11)8-24-7-15-14(17-4-5-20(15,10-24)27-17)6-21-19(25)16-9-26-13(3)23-16;2-1-3/h9,14-15,17H,4-8,10H2,1-3H3,(H,21,25);1H,(H,2,3)/t14-,15+,17+,20+;/m0./s1. The maximum atomic E-state index is 12.4. The number of amides is 1. The van der Waals surface area contributed by atoms with Crippen molar-refractivity contribution in [2.45, 2.75) is 51.9 Å². The van der Waals surface area contributed by atoms with E-state index in [1.807, 2.05) is 0 Å². The molecule has 2 bridgehead atoms. The number of nitrogens with zero attached hydrogens (tertiary/aromatic N) is 3. The third kappa shape index (κ3) is 4.24. The predicted octanol–water partition coefficient (Wildman–Crippen LogP) is 2.17. The van der Waals surface area contributed by atoms with Crippen LogP contribution in [0.1, 0.15) is 44.8 Å². The van der Waals surface area contributed by atoms with Crippen molar-refractivity contribution < 1.29 is 23.8 Å². The Morgan fingerprint density at radius 3 is 2.84 bits per heavy atom. The van der Waals surface area contributed by atoms with Crippen molar-refractivity contribution in [3.8, 4) is 0 Å². The minimum atomic E-state index is -0.250. The van der Waals surface area contributed by atoms with Gasteiger partial charge in [-0.2, -0.15) is 0 Å². The lowest BCUT2D eigenvalue weighted by Crippen LogP contribution is -2.42. The molecular weight excluding hydrogens is 420 g/mol. The lowest BCUT2D eigenvalue weighted by atomic mass is 9.73. The lowest BCUT2D eigenvalue weighted by Gasteiger charge is -2.29. The third-order valence-electron chi connectivity index (χ3n) is 6.64. The van der Waals surface area contributed by atoms with Crippen LogP contribution in [0.4, 0.5) is 0 Å². The van der Waals surface area contributed by atoms with E-state index in [2.05, 4.69) is 29.0 Å². The minimum Gasteiger partial charge on any atom is -0.483 e. The third-order valence-corrected chi connectivity index (χ3v) is 7.69. The number of rotatable bonds is 5. The summed E-state index contributed by atoms with van der Waals surface area (Å²) in [6, 6.07) is 0. The number of oxazole rings is 1. The average molecular weight is 449 g/mol. The van der Waals surface area contributed by atoms with Crippen LogP contribution in [0.25, 0.3) is 0 Å². The number of aromatic nitrogens is 2. The van der Waals surface area contributed by atoms with Crippen molar-refractivity contribution in [3.05, 3.63) is 33.4 Å². The molecule has 0 unspecified atom stereocenters. The van der Waals surface area contributed by atoms with Gasteiger partial charge in [-0.15, -0.1) is 11.3 Å². The summed E-state index contributed by atoms with van der Waals surface area (Å²) < 4.78 is 11.6. The molecule has 1 spiro atoms. The number of thiazole rings is 1. The Morgan fingerprint density at radius 2 is 2.19 bits per heavy atom. The highest BCUT2D eigenvalue weighted by Gasteiger charge is 2.62. The van der Waals surface area contributed by atoms with Crippen molar-refractivity contribution in [1.82, 2.24) is 20.2 Å². The van der Waals surface area contributed by atoms with E-state index in [-0.39, 0.29) is 24.1 Å². The molecule has 168 valence electrons. The molecule has 3 fully saturated rings. The highest BCUT2D eigenvalue weighted by molar-refractivity contribution is 7.11. The number of aryl methyl sites for hydroxylation is 3. The van der Waals surface area contributed by atoms with Gasteiger partial charge in [-0.1, -0.05) is 0 Å². The maximum absolute atomic E-state index is 12.4. The monoisotopic (exact) mass is 448 g/mol. The number of carbonyl (C=O) groups is 2. The van der Waals surface area contributed by atoms with Gasteiger partial charge in [-0.25, -0.2) is 9.97 Å². The summed E-state index contributed by atoms with van der Waals surface area (Å²) in [5.74, 6) is 1.16. The van der Waals surface area contributed by atoms with Crippen LogP contribution >= 0.6 is 11.3 Å². The van der Waals surface area contributed by atoms with Gasteiger partial charge in [0.05, 0.1) is 23.9 Å². The molecule has 31 heavy (non-hydrogen) atoms. The number of likely N-dealkylation sites (tertiary alicyclic amines) is 1. The van der Waals surface area contributed by atoms with E-state index in [1.54, 1.807) is 18.3 Å². The molecule has 0 aliphatic carbocycles. The van der Waals surface area contributed by atoms with E-state index < -0.39 is 0 Å². The SMILES string of the molecule is Cc1nc(C(=O)NC[C@H]2[C@H]3CN(Cc4nc(C)c(C)s4)C[C@]34CC[C@H]2O4)co1.O=CO. The Hall–Kier alpha value is -2.30. The summed E-state index contributed by atoms with van der Waals surface area (Å²) >= 11 is 1.79. The topological polar surface area (TPSA) is 118 Å². The fourth-order valence-electron chi connectivity index (χ4n) is 5.25. The molecule has 0 saturated carbocycles. The Morgan fingerprint density at radius 1 is 1.42 bits per heavy atom. The van der Waals surface area contributed by atoms with Gasteiger partial charge in [0.2, 0.25) is 0 Å². The summed E-state index contributed by atoms with van der Waals surface area (Å²) in [6.45, 7) is 9.20. The zero-order valence-electron chi connectivity index (χ0n) is 18.0. The first-order valence-corrected chi connectivity index (χ1v) is 11.3. The van der Waals surface area contributed by atoms with E-state index >= 15 is 0 Å². The van der Waals surface area contributed by atoms with Gasteiger partial charge in [-0.3, -0.25) is 14.5 Å². The first kappa shape index (κ1) is 21.9. The first-order chi connectivity index (χ1) is 14.8. The zero-order chi connectivity index (χ0) is 22.2. The van der Waals surface area contributed by atoms with Crippen molar-refractivity contribution >= 4 is 23.7 Å². The second-order valence-corrected chi connectivity index (χ2v) is 9.80. The van der Waals surface area contributed by atoms with Crippen molar-refractivity contribution in [2.24, 2.45) is 11.8 Å². The molecule has 5 heterocycles. The van der Waals surface area contributed by atoms with Crippen LogP contribution in [-0.2, 0) is 16.1 Å². The molecule has 2 aromatic rings. The van der Waals surface area contributed by atoms with E-state index in [0.29, 0.717) is 30.0 Å². The first-order valence-electron chi connectivity index (χ1n) is 10.5. The van der Waals surface area contributed by atoms with Crippen molar-refractivity contribution in [2.75, 3.05) is 19.6 Å². The molecule has 4 atom stereocenters. The van der Waals surface area contributed by atoms with Crippen LogP contribution in [0.5, 0.6) is 0 Å². The van der Waals surface area contributed by atoms with Crippen LogP contribution in [0.15, 0.2) is 10.7 Å². The van der Waals surface area contributed by atoms with E-state index in [9.17, 15) is 4.79 Å².